The molecule has 2 aliphatic rings. The van der Waals surface area contributed by atoms with E-state index in [-0.39, 0.29) is 28.6 Å². The highest BCUT2D eigenvalue weighted by Gasteiger charge is 2.45. The van der Waals surface area contributed by atoms with E-state index in [1.54, 1.807) is 24.3 Å². The van der Waals surface area contributed by atoms with E-state index in [0.717, 1.165) is 0 Å². The molecule has 0 aromatic heterocycles. The molecule has 11 heteroatoms. The van der Waals surface area contributed by atoms with E-state index in [0.29, 0.717) is 17.5 Å². The second-order valence-electron chi connectivity index (χ2n) is 7.98. The zero-order chi connectivity index (χ0) is 24.6. The number of hydrogen-bond acceptors (Lipinski definition) is 11. The summed E-state index contributed by atoms with van der Waals surface area (Å²) in [5, 5.41) is 49.7. The van der Waals surface area contributed by atoms with Crippen LogP contribution in [0.15, 0.2) is 30.3 Å². The third-order valence-electron chi connectivity index (χ3n) is 5.92. The van der Waals surface area contributed by atoms with Crippen molar-refractivity contribution in [3.05, 3.63) is 47.0 Å². The number of methoxy groups -OCH3 is 2. The van der Waals surface area contributed by atoms with Crippen molar-refractivity contribution in [2.75, 3.05) is 20.8 Å². The lowest BCUT2D eigenvalue weighted by molar-refractivity contribution is -0.277. The number of aliphatic hydroxyl groups is 4. The fraction of sp³-hybridized carbons (Fsp3) is 0.435. The molecule has 0 spiro atoms. The molecule has 11 nitrogen and oxygen atoms in total. The van der Waals surface area contributed by atoms with E-state index in [2.05, 4.69) is 0 Å². The fourth-order valence-corrected chi connectivity index (χ4v) is 4.09. The Morgan fingerprint density at radius 1 is 1.03 bits per heavy atom. The van der Waals surface area contributed by atoms with E-state index in [1.165, 1.54) is 20.3 Å². The van der Waals surface area contributed by atoms with Crippen LogP contribution in [0.25, 0.3) is 0 Å². The summed E-state index contributed by atoms with van der Waals surface area (Å²) in [5.74, 6) is -0.477. The number of phenolic OH excluding ortho intramolecular Hbond substituents is 1. The normalized spacial score (nSPS) is 28.6. The van der Waals surface area contributed by atoms with Crippen molar-refractivity contribution in [2.24, 2.45) is 0 Å². The van der Waals surface area contributed by atoms with Crippen LogP contribution >= 0.6 is 0 Å². The molecule has 4 rings (SSSR count). The van der Waals surface area contributed by atoms with Crippen LogP contribution in [0.1, 0.15) is 27.6 Å². The monoisotopic (exact) mass is 478 g/mol. The zero-order valence-electron chi connectivity index (χ0n) is 18.5. The summed E-state index contributed by atoms with van der Waals surface area (Å²) in [6, 6.07) is 7.91. The molecule has 0 bridgehead atoms. The van der Waals surface area contributed by atoms with Crippen LogP contribution in [0.4, 0.5) is 0 Å². The maximum Gasteiger partial charge on any atom is 0.342 e. The second kappa shape index (κ2) is 9.65. The molecule has 1 fully saturated rings. The van der Waals surface area contributed by atoms with Gasteiger partial charge in [0.15, 0.2) is 11.5 Å². The van der Waals surface area contributed by atoms with Gasteiger partial charge in [-0.3, -0.25) is 0 Å². The highest BCUT2D eigenvalue weighted by atomic mass is 16.7. The molecule has 0 aliphatic carbocycles. The molecule has 0 radical (unpaired) electrons. The third kappa shape index (κ3) is 4.24. The average molecular weight is 478 g/mol. The molecule has 2 aliphatic heterocycles. The van der Waals surface area contributed by atoms with Crippen molar-refractivity contribution < 1.29 is 54.0 Å². The lowest BCUT2D eigenvalue weighted by atomic mass is 9.93. The number of carbonyl (C=O) groups is 1. The molecule has 5 N–H and O–H groups in total. The Balaban J connectivity index is 1.65. The number of esters is 1. The van der Waals surface area contributed by atoms with Crippen LogP contribution in [-0.2, 0) is 15.9 Å². The van der Waals surface area contributed by atoms with Gasteiger partial charge >= 0.3 is 5.97 Å². The first-order valence-electron chi connectivity index (χ1n) is 10.5. The summed E-state index contributed by atoms with van der Waals surface area (Å²) < 4.78 is 27.6. The predicted molar refractivity (Wildman–Crippen MR) is 114 cm³/mol. The highest BCUT2D eigenvalue weighted by molar-refractivity contribution is 5.95. The van der Waals surface area contributed by atoms with Gasteiger partial charge in [0.2, 0.25) is 12.0 Å². The van der Waals surface area contributed by atoms with Crippen molar-refractivity contribution in [3.8, 4) is 23.0 Å². The number of aliphatic hydroxyl groups excluding tert-OH is 4. The SMILES string of the molecule is COc1cc([C@@H]2Cc3cccc(O)c3C(=O)O2)cc(OC)c1O[C@H]1O[C@H](CO)[C@@H](O)[C@H](O)[C@H]1O. The molecule has 2 aromatic carbocycles. The molecule has 0 amide bonds. The lowest BCUT2D eigenvalue weighted by Crippen LogP contribution is -2.60. The molecule has 184 valence electrons. The Morgan fingerprint density at radius 2 is 1.71 bits per heavy atom. The van der Waals surface area contributed by atoms with Crippen LogP contribution in [-0.4, -0.2) is 83.0 Å². The van der Waals surface area contributed by atoms with Gasteiger partial charge in [-0.1, -0.05) is 12.1 Å². The van der Waals surface area contributed by atoms with Gasteiger partial charge in [-0.2, -0.15) is 0 Å². The van der Waals surface area contributed by atoms with Crippen molar-refractivity contribution in [1.82, 2.24) is 0 Å². The number of phenols is 1. The predicted octanol–water partition coefficient (Wildman–Crippen LogP) is 0.0423. The first-order valence-corrected chi connectivity index (χ1v) is 10.5. The van der Waals surface area contributed by atoms with Gasteiger partial charge in [0, 0.05) is 12.0 Å². The Morgan fingerprint density at radius 3 is 2.32 bits per heavy atom. The van der Waals surface area contributed by atoms with Crippen LogP contribution in [0.2, 0.25) is 0 Å². The molecule has 0 saturated carbocycles. The van der Waals surface area contributed by atoms with Gasteiger partial charge in [0.1, 0.15) is 41.8 Å². The smallest absolute Gasteiger partial charge is 0.342 e. The Bertz CT molecular complexity index is 1030. The number of hydrogen-bond donors (Lipinski definition) is 5. The minimum absolute atomic E-state index is 0.0262. The molecular weight excluding hydrogens is 452 g/mol. The molecule has 34 heavy (non-hydrogen) atoms. The van der Waals surface area contributed by atoms with E-state index < -0.39 is 49.4 Å². The van der Waals surface area contributed by atoms with E-state index in [4.69, 9.17) is 23.7 Å². The van der Waals surface area contributed by atoms with Gasteiger partial charge in [-0.05, 0) is 23.8 Å². The van der Waals surface area contributed by atoms with Crippen LogP contribution in [0, 0.1) is 0 Å². The number of carbonyl (C=O) groups excluding carboxylic acids is 1. The molecule has 2 heterocycles. The van der Waals surface area contributed by atoms with Gasteiger partial charge < -0.3 is 49.2 Å². The Labute approximate surface area is 194 Å². The maximum atomic E-state index is 12.5. The number of rotatable bonds is 6. The Kier molecular flexibility index (Phi) is 6.82. The molecule has 1 saturated heterocycles. The summed E-state index contributed by atoms with van der Waals surface area (Å²) >= 11 is 0. The molecular formula is C23H26O11. The lowest BCUT2D eigenvalue weighted by Gasteiger charge is -2.39. The van der Waals surface area contributed by atoms with Gasteiger partial charge in [-0.25, -0.2) is 4.79 Å². The molecule has 6 atom stereocenters. The van der Waals surface area contributed by atoms with Crippen molar-refractivity contribution in [2.45, 2.75) is 43.2 Å². The number of ether oxygens (including phenoxy) is 5. The van der Waals surface area contributed by atoms with Crippen molar-refractivity contribution >= 4 is 5.97 Å². The summed E-state index contributed by atoms with van der Waals surface area (Å²) in [6.07, 6.45) is -7.79. The summed E-state index contributed by atoms with van der Waals surface area (Å²) in [6.45, 7) is -0.609. The molecule has 0 unspecified atom stereocenters. The topological polar surface area (TPSA) is 164 Å². The van der Waals surface area contributed by atoms with Gasteiger partial charge in [-0.15, -0.1) is 0 Å². The zero-order valence-corrected chi connectivity index (χ0v) is 18.5. The quantitative estimate of drug-likeness (QED) is 0.356. The average Bonchev–Trinajstić information content (AvgIpc) is 2.83. The van der Waals surface area contributed by atoms with Crippen molar-refractivity contribution in [3.63, 3.8) is 0 Å². The maximum absolute atomic E-state index is 12.5. The number of aromatic hydroxyl groups is 1. The summed E-state index contributed by atoms with van der Waals surface area (Å²) in [5.41, 5.74) is 1.28. The fourth-order valence-electron chi connectivity index (χ4n) is 4.09. The van der Waals surface area contributed by atoms with Crippen LogP contribution < -0.4 is 14.2 Å². The second-order valence-corrected chi connectivity index (χ2v) is 7.98. The van der Waals surface area contributed by atoms with Crippen LogP contribution in [0.5, 0.6) is 23.0 Å². The highest BCUT2D eigenvalue weighted by Crippen LogP contribution is 2.44. The third-order valence-corrected chi connectivity index (χ3v) is 5.92. The van der Waals surface area contributed by atoms with Crippen molar-refractivity contribution in [1.29, 1.82) is 0 Å². The summed E-state index contributed by atoms with van der Waals surface area (Å²) in [7, 11) is 2.75. The first kappa shape index (κ1) is 24.0. The number of fused-ring (bicyclic) bond motifs is 1. The largest absolute Gasteiger partial charge is 0.507 e. The van der Waals surface area contributed by atoms with E-state index in [1.807, 2.05) is 0 Å². The van der Waals surface area contributed by atoms with Gasteiger partial charge in [0.25, 0.3) is 0 Å². The Hall–Kier alpha value is -3.09. The number of cyclic esters (lactones) is 1. The van der Waals surface area contributed by atoms with Crippen LogP contribution in [0.3, 0.4) is 0 Å². The first-order chi connectivity index (χ1) is 16.3. The standard InChI is InChI=1S/C23H26O11/c1-30-14-7-11(13-6-10-4-3-5-12(25)17(10)22(29)32-13)8-15(31-2)21(14)34-23-20(28)19(27)18(26)16(9-24)33-23/h3-5,7-8,13,16,18-20,23-28H,6,9H2,1-2H3/t13-,16+,18+,19-,20+,23+/m0/s1. The molecule has 2 aromatic rings. The van der Waals surface area contributed by atoms with Gasteiger partial charge in [0.05, 0.1) is 20.8 Å². The number of benzene rings is 2. The van der Waals surface area contributed by atoms with E-state index in [9.17, 15) is 30.3 Å². The van der Waals surface area contributed by atoms with E-state index >= 15 is 0 Å². The summed E-state index contributed by atoms with van der Waals surface area (Å²) in [4.78, 5) is 12.5. The minimum Gasteiger partial charge on any atom is -0.507 e. The minimum atomic E-state index is -1.63.